The van der Waals surface area contributed by atoms with E-state index in [1.807, 2.05) is 0 Å². The van der Waals surface area contributed by atoms with Gasteiger partial charge in [0.15, 0.2) is 0 Å². The number of hydrogen-bond donors (Lipinski definition) is 1. The van der Waals surface area contributed by atoms with Gasteiger partial charge < -0.3 is 4.98 Å². The molecule has 12 heavy (non-hydrogen) atoms. The van der Waals surface area contributed by atoms with Crippen LogP contribution in [0.25, 0.3) is 11.0 Å². The summed E-state index contributed by atoms with van der Waals surface area (Å²) in [6, 6.07) is 3.48. The van der Waals surface area contributed by atoms with Gasteiger partial charge in [-0.15, -0.1) is 0 Å². The molecule has 0 spiro atoms. The molecule has 0 saturated heterocycles. The van der Waals surface area contributed by atoms with Crippen LogP contribution in [0.5, 0.6) is 0 Å². The third-order valence-corrected chi connectivity index (χ3v) is 2.49. The summed E-state index contributed by atoms with van der Waals surface area (Å²) in [4.78, 5) is 6.80. The second-order valence-corrected chi connectivity index (χ2v) is 3.43. The lowest BCUT2D eigenvalue weighted by Crippen LogP contribution is -1.72. The van der Waals surface area contributed by atoms with E-state index in [0.717, 1.165) is 5.52 Å². The molecule has 0 radical (unpaired) electrons. The summed E-state index contributed by atoms with van der Waals surface area (Å²) in [6.07, 6.45) is 0. The minimum atomic E-state index is 0.314. The molecule has 5 heteroatoms. The number of benzene rings is 1. The fourth-order valence-corrected chi connectivity index (χ4v) is 1.53. The van der Waals surface area contributed by atoms with Gasteiger partial charge in [0.25, 0.3) is 0 Å². The van der Waals surface area contributed by atoms with E-state index in [0.29, 0.717) is 20.8 Å². The monoisotopic (exact) mass is 220 g/mol. The highest BCUT2D eigenvalue weighted by Gasteiger charge is 2.07. The van der Waals surface area contributed by atoms with Gasteiger partial charge in [-0.2, -0.15) is 0 Å². The van der Waals surface area contributed by atoms with Gasteiger partial charge in [0.05, 0.1) is 15.6 Å². The average molecular weight is 221 g/mol. The number of H-pyrrole nitrogens is 1. The maximum absolute atomic E-state index is 5.87. The summed E-state index contributed by atoms with van der Waals surface area (Å²) in [5.41, 5.74) is 1.39. The molecule has 0 atom stereocenters. The van der Waals surface area contributed by atoms with Crippen LogP contribution in [0.3, 0.4) is 0 Å². The van der Waals surface area contributed by atoms with E-state index < -0.39 is 0 Å². The molecule has 2 rings (SSSR count). The molecule has 2 nitrogen and oxygen atoms in total. The lowest BCUT2D eigenvalue weighted by molar-refractivity contribution is 1.34. The number of nitrogens with zero attached hydrogens (tertiary/aromatic N) is 1. The highest BCUT2D eigenvalue weighted by Crippen LogP contribution is 2.29. The van der Waals surface area contributed by atoms with E-state index in [-0.39, 0.29) is 0 Å². The van der Waals surface area contributed by atoms with E-state index in [9.17, 15) is 0 Å². The number of imidazole rings is 1. The zero-order valence-electron chi connectivity index (χ0n) is 5.74. The number of aromatic amines is 1. The molecule has 1 aromatic heterocycles. The minimum absolute atomic E-state index is 0.314. The van der Waals surface area contributed by atoms with Crippen molar-refractivity contribution in [3.63, 3.8) is 0 Å². The van der Waals surface area contributed by atoms with Crippen LogP contribution in [0.2, 0.25) is 15.3 Å². The molecule has 0 fully saturated rings. The first-order valence-corrected chi connectivity index (χ1v) is 4.31. The van der Waals surface area contributed by atoms with Gasteiger partial charge in [0.2, 0.25) is 5.28 Å². The van der Waals surface area contributed by atoms with Gasteiger partial charge in [0.1, 0.15) is 5.52 Å². The molecular weight excluding hydrogens is 218 g/mol. The number of hydrogen-bond acceptors (Lipinski definition) is 1. The number of nitrogens with one attached hydrogen (secondary N) is 1. The Morgan fingerprint density at radius 3 is 2.67 bits per heavy atom. The molecule has 1 aromatic carbocycles. The predicted octanol–water partition coefficient (Wildman–Crippen LogP) is 3.52. The second-order valence-electron chi connectivity index (χ2n) is 2.29. The fourth-order valence-electron chi connectivity index (χ4n) is 0.987. The summed E-state index contributed by atoms with van der Waals surface area (Å²) in [5.74, 6) is 0. The van der Waals surface area contributed by atoms with Gasteiger partial charge in [-0.25, -0.2) is 4.98 Å². The van der Waals surface area contributed by atoms with E-state index in [1.165, 1.54) is 0 Å². The molecule has 0 aliphatic carbocycles. The van der Waals surface area contributed by atoms with Crippen molar-refractivity contribution in [1.29, 1.82) is 0 Å². The standard InChI is InChI=1S/C7H3Cl3N2/c8-3-1-2-4-6(5(3)9)12-7(10)11-4/h1-2H,(H,11,12). The Kier molecular flexibility index (Phi) is 1.91. The first-order valence-electron chi connectivity index (χ1n) is 3.17. The summed E-state index contributed by atoms with van der Waals surface area (Å²) in [7, 11) is 0. The Labute approximate surface area is 83.5 Å². The molecule has 2 aromatic rings. The number of fused-ring (bicyclic) bond motifs is 1. The zero-order chi connectivity index (χ0) is 8.72. The fraction of sp³-hybridized carbons (Fsp3) is 0. The van der Waals surface area contributed by atoms with Crippen molar-refractivity contribution in [2.45, 2.75) is 0 Å². The maximum Gasteiger partial charge on any atom is 0.201 e. The third kappa shape index (κ3) is 1.16. The molecule has 0 aliphatic heterocycles. The highest BCUT2D eigenvalue weighted by atomic mass is 35.5. The molecule has 1 heterocycles. The second kappa shape index (κ2) is 2.80. The summed E-state index contributed by atoms with van der Waals surface area (Å²) in [5, 5.41) is 1.22. The molecule has 0 bridgehead atoms. The lowest BCUT2D eigenvalue weighted by Gasteiger charge is -1.93. The van der Waals surface area contributed by atoms with E-state index in [1.54, 1.807) is 12.1 Å². The van der Waals surface area contributed by atoms with Crippen LogP contribution in [0, 0.1) is 0 Å². The molecule has 0 aliphatic rings. The maximum atomic E-state index is 5.87. The Hall–Kier alpha value is -0.440. The van der Waals surface area contributed by atoms with E-state index in [4.69, 9.17) is 34.8 Å². The van der Waals surface area contributed by atoms with E-state index >= 15 is 0 Å². The first-order chi connectivity index (χ1) is 5.68. The van der Waals surface area contributed by atoms with Gasteiger partial charge in [-0.3, -0.25) is 0 Å². The SMILES string of the molecule is Clc1nc2c(Cl)c(Cl)ccc2[nH]1. The molecular formula is C7H3Cl3N2. The van der Waals surface area contributed by atoms with Crippen LogP contribution in [-0.2, 0) is 0 Å². The molecule has 0 amide bonds. The van der Waals surface area contributed by atoms with Crippen molar-refractivity contribution in [3.8, 4) is 0 Å². The molecule has 0 unspecified atom stereocenters. The van der Waals surface area contributed by atoms with Crippen molar-refractivity contribution >= 4 is 45.8 Å². The summed E-state index contributed by atoms with van der Waals surface area (Å²) >= 11 is 17.3. The smallest absolute Gasteiger partial charge is 0.201 e. The Morgan fingerprint density at radius 1 is 1.17 bits per heavy atom. The van der Waals surface area contributed by atoms with Crippen molar-refractivity contribution in [2.75, 3.05) is 0 Å². The Balaban J connectivity index is 2.89. The van der Waals surface area contributed by atoms with E-state index in [2.05, 4.69) is 9.97 Å². The quantitative estimate of drug-likeness (QED) is 0.724. The van der Waals surface area contributed by atoms with Crippen LogP contribution in [0.1, 0.15) is 0 Å². The number of aromatic nitrogens is 2. The molecule has 0 saturated carbocycles. The number of rotatable bonds is 0. The van der Waals surface area contributed by atoms with Crippen LogP contribution < -0.4 is 0 Å². The zero-order valence-corrected chi connectivity index (χ0v) is 8.00. The van der Waals surface area contributed by atoms with Crippen LogP contribution in [-0.4, -0.2) is 9.97 Å². The average Bonchev–Trinajstić information content (AvgIpc) is 2.39. The van der Waals surface area contributed by atoms with Crippen LogP contribution >= 0.6 is 34.8 Å². The van der Waals surface area contributed by atoms with Gasteiger partial charge >= 0.3 is 0 Å². The summed E-state index contributed by atoms with van der Waals surface area (Å²) < 4.78 is 0. The Morgan fingerprint density at radius 2 is 1.92 bits per heavy atom. The number of halogens is 3. The third-order valence-electron chi connectivity index (χ3n) is 1.52. The normalized spacial score (nSPS) is 10.9. The summed E-state index contributed by atoms with van der Waals surface area (Å²) in [6.45, 7) is 0. The van der Waals surface area contributed by atoms with Crippen LogP contribution in [0.4, 0.5) is 0 Å². The van der Waals surface area contributed by atoms with Crippen molar-refractivity contribution < 1.29 is 0 Å². The van der Waals surface area contributed by atoms with Crippen molar-refractivity contribution in [1.82, 2.24) is 9.97 Å². The minimum Gasteiger partial charge on any atom is -0.329 e. The largest absolute Gasteiger partial charge is 0.329 e. The highest BCUT2D eigenvalue weighted by molar-refractivity contribution is 6.45. The van der Waals surface area contributed by atoms with Crippen molar-refractivity contribution in [2.24, 2.45) is 0 Å². The van der Waals surface area contributed by atoms with Gasteiger partial charge in [-0.05, 0) is 23.7 Å². The molecule has 1 N–H and O–H groups in total. The predicted molar refractivity (Wildman–Crippen MR) is 51.1 cm³/mol. The van der Waals surface area contributed by atoms with Gasteiger partial charge in [-0.1, -0.05) is 23.2 Å². The van der Waals surface area contributed by atoms with Crippen LogP contribution in [0.15, 0.2) is 12.1 Å². The topological polar surface area (TPSA) is 28.7 Å². The molecule has 62 valence electrons. The first kappa shape index (κ1) is 8.17. The van der Waals surface area contributed by atoms with Crippen molar-refractivity contribution in [3.05, 3.63) is 27.5 Å². The Bertz CT molecular complexity index is 435. The van der Waals surface area contributed by atoms with Gasteiger partial charge in [0, 0.05) is 0 Å². The lowest BCUT2D eigenvalue weighted by atomic mass is 10.3.